The first-order chi connectivity index (χ1) is 11.4. The van der Waals surface area contributed by atoms with Gasteiger partial charge in [-0.3, -0.25) is 9.59 Å². The van der Waals surface area contributed by atoms with Crippen molar-refractivity contribution in [2.45, 2.75) is 70.4 Å². The highest BCUT2D eigenvalue weighted by Crippen LogP contribution is 2.45. The standard InChI is InChI=1S/C18H28N2O4/c1-3-4-5-6-7-9-14-12-18(14,17(23)24)19-16(22)15-10-8-11-20(15)13(2)21/h7,9,14-15H,3-6,8,10-12H2,1-2H3,(H,19,22)(H,23,24)/b9-7-/t14-,15+,18-/m1/s1. The van der Waals surface area contributed by atoms with E-state index in [-0.39, 0.29) is 17.7 Å². The molecule has 1 aliphatic heterocycles. The number of carbonyl (C=O) groups excluding carboxylic acids is 2. The molecule has 1 aliphatic carbocycles. The fraction of sp³-hybridized carbons (Fsp3) is 0.722. The van der Waals surface area contributed by atoms with Gasteiger partial charge in [0, 0.05) is 19.4 Å². The molecule has 2 aliphatic rings. The number of carbonyl (C=O) groups is 3. The summed E-state index contributed by atoms with van der Waals surface area (Å²) in [6.07, 6.45) is 10.1. The van der Waals surface area contributed by atoms with E-state index in [4.69, 9.17) is 0 Å². The number of nitrogens with one attached hydrogen (secondary N) is 1. The highest BCUT2D eigenvalue weighted by molar-refractivity contribution is 5.94. The molecule has 134 valence electrons. The smallest absolute Gasteiger partial charge is 0.330 e. The molecule has 2 amide bonds. The lowest BCUT2D eigenvalue weighted by atomic mass is 10.1. The molecule has 0 aromatic carbocycles. The van der Waals surface area contributed by atoms with Crippen molar-refractivity contribution < 1.29 is 19.5 Å². The number of nitrogens with zero attached hydrogens (tertiary/aromatic N) is 1. The zero-order valence-corrected chi connectivity index (χ0v) is 14.6. The molecule has 24 heavy (non-hydrogen) atoms. The molecule has 0 spiro atoms. The first-order valence-corrected chi connectivity index (χ1v) is 8.91. The number of hydrogen-bond donors (Lipinski definition) is 2. The number of hydrogen-bond acceptors (Lipinski definition) is 3. The number of carboxylic acids is 1. The normalized spacial score (nSPS) is 29.0. The largest absolute Gasteiger partial charge is 0.479 e. The van der Waals surface area contributed by atoms with E-state index in [1.165, 1.54) is 18.2 Å². The van der Waals surface area contributed by atoms with Crippen molar-refractivity contribution in [3.05, 3.63) is 12.2 Å². The predicted molar refractivity (Wildman–Crippen MR) is 90.3 cm³/mol. The lowest BCUT2D eigenvalue weighted by Crippen LogP contribution is -2.52. The van der Waals surface area contributed by atoms with E-state index in [0.717, 1.165) is 25.7 Å². The monoisotopic (exact) mass is 336 g/mol. The third kappa shape index (κ3) is 3.97. The number of allylic oxidation sites excluding steroid dienone is 1. The maximum absolute atomic E-state index is 12.5. The molecular formula is C18H28N2O4. The SMILES string of the molecule is CCCCC/C=C\[C@@H]1C[C@]1(NC(=O)[C@@H]1CCCN1C(C)=O)C(=O)O. The molecule has 2 N–H and O–H groups in total. The summed E-state index contributed by atoms with van der Waals surface area (Å²) < 4.78 is 0. The molecule has 1 saturated carbocycles. The first-order valence-electron chi connectivity index (χ1n) is 8.91. The Bertz CT molecular complexity index is 531. The van der Waals surface area contributed by atoms with E-state index in [2.05, 4.69) is 12.2 Å². The van der Waals surface area contributed by atoms with Crippen LogP contribution in [0.2, 0.25) is 0 Å². The van der Waals surface area contributed by atoms with Crippen LogP contribution in [0.5, 0.6) is 0 Å². The van der Waals surface area contributed by atoms with Gasteiger partial charge in [0.1, 0.15) is 11.6 Å². The Morgan fingerprint density at radius 2 is 2.08 bits per heavy atom. The predicted octanol–water partition coefficient (Wildman–Crippen LogP) is 2.09. The second kappa shape index (κ2) is 7.81. The molecule has 0 aromatic rings. The molecular weight excluding hydrogens is 308 g/mol. The lowest BCUT2D eigenvalue weighted by Gasteiger charge is -2.24. The van der Waals surface area contributed by atoms with Crippen LogP contribution in [0.1, 0.15) is 58.8 Å². The second-order valence-corrected chi connectivity index (χ2v) is 6.87. The minimum atomic E-state index is -1.19. The fourth-order valence-corrected chi connectivity index (χ4v) is 3.46. The van der Waals surface area contributed by atoms with E-state index < -0.39 is 17.6 Å². The van der Waals surface area contributed by atoms with Gasteiger partial charge in [-0.15, -0.1) is 0 Å². The zero-order chi connectivity index (χ0) is 17.7. The third-order valence-corrected chi connectivity index (χ3v) is 5.05. The molecule has 1 saturated heterocycles. The Balaban J connectivity index is 1.94. The van der Waals surface area contributed by atoms with Crippen molar-refractivity contribution in [2.75, 3.05) is 6.54 Å². The summed E-state index contributed by atoms with van der Waals surface area (Å²) in [5.41, 5.74) is -1.19. The summed E-state index contributed by atoms with van der Waals surface area (Å²) >= 11 is 0. The van der Waals surface area contributed by atoms with E-state index in [1.54, 1.807) is 0 Å². The number of rotatable bonds is 8. The Hall–Kier alpha value is -1.85. The minimum Gasteiger partial charge on any atom is -0.479 e. The highest BCUT2D eigenvalue weighted by Gasteiger charge is 2.61. The van der Waals surface area contributed by atoms with Gasteiger partial charge < -0.3 is 15.3 Å². The van der Waals surface area contributed by atoms with Gasteiger partial charge in [-0.1, -0.05) is 31.9 Å². The average Bonchev–Trinajstić information content (AvgIpc) is 3.00. The fourth-order valence-electron chi connectivity index (χ4n) is 3.46. The first kappa shape index (κ1) is 18.5. The molecule has 2 rings (SSSR count). The van der Waals surface area contributed by atoms with Crippen LogP contribution in [-0.2, 0) is 14.4 Å². The number of unbranched alkanes of at least 4 members (excludes halogenated alkanes) is 3. The van der Waals surface area contributed by atoms with Gasteiger partial charge in [-0.2, -0.15) is 0 Å². The highest BCUT2D eigenvalue weighted by atomic mass is 16.4. The van der Waals surface area contributed by atoms with Crippen molar-refractivity contribution in [1.82, 2.24) is 10.2 Å². The molecule has 6 nitrogen and oxygen atoms in total. The average molecular weight is 336 g/mol. The summed E-state index contributed by atoms with van der Waals surface area (Å²) in [4.78, 5) is 37.3. The van der Waals surface area contributed by atoms with Gasteiger partial charge in [-0.05, 0) is 32.1 Å². The molecule has 0 radical (unpaired) electrons. The van der Waals surface area contributed by atoms with Gasteiger partial charge in [0.2, 0.25) is 11.8 Å². The molecule has 0 bridgehead atoms. The molecule has 1 heterocycles. The lowest BCUT2D eigenvalue weighted by molar-refractivity contribution is -0.145. The maximum atomic E-state index is 12.5. The minimum absolute atomic E-state index is 0.139. The summed E-state index contributed by atoms with van der Waals surface area (Å²) in [7, 11) is 0. The Kier molecular flexibility index (Phi) is 6.02. The van der Waals surface area contributed by atoms with Gasteiger partial charge in [0.05, 0.1) is 0 Å². The van der Waals surface area contributed by atoms with E-state index in [1.807, 2.05) is 12.2 Å². The van der Waals surface area contributed by atoms with Crippen molar-refractivity contribution in [1.29, 1.82) is 0 Å². The van der Waals surface area contributed by atoms with Crippen molar-refractivity contribution in [3.63, 3.8) is 0 Å². The maximum Gasteiger partial charge on any atom is 0.330 e. The number of likely N-dealkylation sites (tertiary alicyclic amines) is 1. The second-order valence-electron chi connectivity index (χ2n) is 6.87. The molecule has 3 atom stereocenters. The Labute approximate surface area is 143 Å². The van der Waals surface area contributed by atoms with Crippen LogP contribution in [0, 0.1) is 5.92 Å². The van der Waals surface area contributed by atoms with Crippen molar-refractivity contribution >= 4 is 17.8 Å². The summed E-state index contributed by atoms with van der Waals surface area (Å²) in [5, 5.41) is 12.3. The topological polar surface area (TPSA) is 86.7 Å². The number of carboxylic acid groups (broad SMARTS) is 1. The van der Waals surface area contributed by atoms with E-state index >= 15 is 0 Å². The molecule has 0 unspecified atom stereocenters. The van der Waals surface area contributed by atoms with Crippen molar-refractivity contribution in [2.24, 2.45) is 5.92 Å². The van der Waals surface area contributed by atoms with Crippen LogP contribution in [-0.4, -0.2) is 45.9 Å². The number of amides is 2. The Morgan fingerprint density at radius 3 is 2.71 bits per heavy atom. The van der Waals surface area contributed by atoms with Crippen LogP contribution in [0.3, 0.4) is 0 Å². The summed E-state index contributed by atoms with van der Waals surface area (Å²) in [6.45, 7) is 4.15. The van der Waals surface area contributed by atoms with Gasteiger partial charge in [0.25, 0.3) is 0 Å². The van der Waals surface area contributed by atoms with Crippen LogP contribution in [0.15, 0.2) is 12.2 Å². The third-order valence-electron chi connectivity index (χ3n) is 5.05. The van der Waals surface area contributed by atoms with Gasteiger partial charge >= 0.3 is 5.97 Å². The number of aliphatic carboxylic acids is 1. The zero-order valence-electron chi connectivity index (χ0n) is 14.6. The summed E-state index contributed by atoms with van der Waals surface area (Å²) in [6, 6.07) is -0.534. The van der Waals surface area contributed by atoms with E-state index in [0.29, 0.717) is 19.4 Å². The molecule has 6 heteroatoms. The van der Waals surface area contributed by atoms with Crippen LogP contribution in [0.4, 0.5) is 0 Å². The van der Waals surface area contributed by atoms with Gasteiger partial charge in [0.15, 0.2) is 0 Å². The quantitative estimate of drug-likeness (QED) is 0.525. The van der Waals surface area contributed by atoms with E-state index in [9.17, 15) is 19.5 Å². The van der Waals surface area contributed by atoms with Crippen LogP contribution in [0.25, 0.3) is 0 Å². The van der Waals surface area contributed by atoms with Gasteiger partial charge in [-0.25, -0.2) is 4.79 Å². The van der Waals surface area contributed by atoms with Crippen molar-refractivity contribution in [3.8, 4) is 0 Å². The van der Waals surface area contributed by atoms with Crippen LogP contribution >= 0.6 is 0 Å². The Morgan fingerprint density at radius 1 is 1.33 bits per heavy atom. The summed E-state index contributed by atoms with van der Waals surface area (Å²) in [5.74, 6) is -1.63. The van der Waals surface area contributed by atoms with Crippen LogP contribution < -0.4 is 5.32 Å². The molecule has 2 fully saturated rings. The molecule has 0 aromatic heterocycles.